The van der Waals surface area contributed by atoms with E-state index < -0.39 is 34.5 Å². The lowest BCUT2D eigenvalue weighted by atomic mass is 10.1. The molecule has 1 heterocycles. The van der Waals surface area contributed by atoms with E-state index in [0.717, 1.165) is 39.9 Å². The fourth-order valence-corrected chi connectivity index (χ4v) is 3.97. The minimum absolute atomic E-state index is 0.0162. The number of sulfonamides is 1. The Morgan fingerprint density at radius 3 is 2.44 bits per heavy atom. The van der Waals surface area contributed by atoms with E-state index in [-0.39, 0.29) is 28.5 Å². The topological polar surface area (TPSA) is 84.3 Å². The van der Waals surface area contributed by atoms with Gasteiger partial charge in [0, 0.05) is 19.4 Å². The normalized spacial score (nSPS) is 11.9. The smallest absolute Gasteiger partial charge is 0.334 e. The van der Waals surface area contributed by atoms with Crippen molar-refractivity contribution < 1.29 is 30.8 Å². The molecule has 0 saturated heterocycles. The number of nitrogens with one attached hydrogen (secondary N) is 1. The van der Waals surface area contributed by atoms with Gasteiger partial charge in [0.25, 0.3) is 15.9 Å². The van der Waals surface area contributed by atoms with Crippen LogP contribution in [0.2, 0.25) is 0 Å². The monoisotopic (exact) mass is 470 g/mol. The quantitative estimate of drug-likeness (QED) is 0.535. The number of hydrogen-bond acceptors (Lipinski definition) is 4. The molecule has 0 aliphatic heterocycles. The first-order chi connectivity index (χ1) is 15.0. The largest absolute Gasteiger partial charge is 0.406 e. The minimum Gasteiger partial charge on any atom is -0.334 e. The van der Waals surface area contributed by atoms with Gasteiger partial charge in [-0.3, -0.25) is 9.52 Å². The molecular weight excluding hydrogens is 452 g/mol. The van der Waals surface area contributed by atoms with Crippen LogP contribution in [0.5, 0.6) is 0 Å². The van der Waals surface area contributed by atoms with Gasteiger partial charge < -0.3 is 9.47 Å². The minimum atomic E-state index is -4.46. The zero-order chi connectivity index (χ0) is 23.5. The Bertz CT molecular complexity index is 1210. The van der Waals surface area contributed by atoms with E-state index in [1.165, 1.54) is 37.5 Å². The average molecular weight is 470 g/mol. The Morgan fingerprint density at radius 2 is 1.78 bits per heavy atom. The zero-order valence-corrected chi connectivity index (χ0v) is 17.5. The van der Waals surface area contributed by atoms with Crippen LogP contribution in [-0.4, -0.2) is 42.0 Å². The van der Waals surface area contributed by atoms with Crippen LogP contribution in [0.25, 0.3) is 0 Å². The van der Waals surface area contributed by atoms with E-state index >= 15 is 0 Å². The fraction of sp³-hybridized carbons (Fsp3) is 0.200. The van der Waals surface area contributed by atoms with Gasteiger partial charge >= 0.3 is 6.18 Å². The van der Waals surface area contributed by atoms with Crippen molar-refractivity contribution in [2.75, 3.05) is 11.8 Å². The highest BCUT2D eigenvalue weighted by molar-refractivity contribution is 7.92. The number of carbonyl (C=O) groups is 1. The molecule has 0 unspecified atom stereocenters. The van der Waals surface area contributed by atoms with Gasteiger partial charge in [0.15, 0.2) is 0 Å². The van der Waals surface area contributed by atoms with Crippen LogP contribution < -0.4 is 4.72 Å². The van der Waals surface area contributed by atoms with Crippen LogP contribution in [0.3, 0.4) is 0 Å². The number of carbonyl (C=O) groups excluding carboxylic acids is 1. The summed E-state index contributed by atoms with van der Waals surface area (Å²) in [7, 11) is -2.76. The van der Waals surface area contributed by atoms with Gasteiger partial charge in [-0.1, -0.05) is 12.1 Å². The Morgan fingerprint density at radius 1 is 1.12 bits per heavy atom. The van der Waals surface area contributed by atoms with Crippen LogP contribution in [0.4, 0.5) is 23.2 Å². The molecule has 0 fully saturated rings. The lowest BCUT2D eigenvalue weighted by Gasteiger charge is -2.20. The highest BCUT2D eigenvalue weighted by Gasteiger charge is 2.29. The van der Waals surface area contributed by atoms with E-state index in [4.69, 9.17) is 0 Å². The Labute approximate surface area is 181 Å². The molecule has 32 heavy (non-hydrogen) atoms. The first-order valence-corrected chi connectivity index (χ1v) is 10.6. The first kappa shape index (κ1) is 23.3. The fourth-order valence-electron chi connectivity index (χ4n) is 2.89. The van der Waals surface area contributed by atoms with E-state index in [9.17, 15) is 30.8 Å². The number of benzene rings is 2. The van der Waals surface area contributed by atoms with E-state index in [0.29, 0.717) is 0 Å². The second kappa shape index (κ2) is 8.99. The molecule has 2 aromatic carbocycles. The second-order valence-corrected chi connectivity index (χ2v) is 8.54. The molecule has 0 spiro atoms. The average Bonchev–Trinajstić information content (AvgIpc) is 3.12. The molecule has 3 aromatic rings. The van der Waals surface area contributed by atoms with Crippen molar-refractivity contribution in [3.8, 4) is 0 Å². The molecule has 0 radical (unpaired) electrons. The van der Waals surface area contributed by atoms with Crippen LogP contribution in [-0.2, 0) is 23.1 Å². The maximum absolute atomic E-state index is 13.1. The number of amides is 1. The van der Waals surface area contributed by atoms with Crippen LogP contribution in [0.1, 0.15) is 16.2 Å². The maximum atomic E-state index is 13.1. The van der Waals surface area contributed by atoms with Gasteiger partial charge in [0.05, 0.1) is 22.7 Å². The lowest BCUT2D eigenvalue weighted by Crippen LogP contribution is -2.30. The maximum Gasteiger partial charge on any atom is 0.406 e. The highest BCUT2D eigenvalue weighted by atomic mass is 32.2. The molecule has 0 aliphatic rings. The summed E-state index contributed by atoms with van der Waals surface area (Å²) in [5.74, 6) is -1.23. The first-order valence-electron chi connectivity index (χ1n) is 9.16. The number of aromatic nitrogens is 2. The lowest BCUT2D eigenvalue weighted by molar-refractivity contribution is -0.141. The Kier molecular flexibility index (Phi) is 6.53. The predicted molar refractivity (Wildman–Crippen MR) is 108 cm³/mol. The van der Waals surface area contributed by atoms with Crippen molar-refractivity contribution in [1.82, 2.24) is 14.5 Å². The van der Waals surface area contributed by atoms with Crippen molar-refractivity contribution >= 4 is 21.6 Å². The van der Waals surface area contributed by atoms with Gasteiger partial charge in [-0.15, -0.1) is 0 Å². The summed E-state index contributed by atoms with van der Waals surface area (Å²) in [6.45, 7) is -1.49. The standard InChI is InChI=1S/C20H18F4N4O3S/c1-27(12-18-25-10-11-28(18)13-20(22,23)24)19(29)16-4-2-3-5-17(16)26-32(30,31)15-8-6-14(21)7-9-15/h2-11,26H,12-13H2,1H3. The van der Waals surface area contributed by atoms with Crippen molar-refractivity contribution in [2.24, 2.45) is 0 Å². The van der Waals surface area contributed by atoms with Crippen molar-refractivity contribution in [3.05, 3.63) is 78.1 Å². The molecule has 0 saturated carbocycles. The summed E-state index contributed by atoms with van der Waals surface area (Å²) in [5, 5.41) is 0. The molecule has 1 amide bonds. The van der Waals surface area contributed by atoms with Crippen molar-refractivity contribution in [1.29, 1.82) is 0 Å². The molecule has 0 aliphatic carbocycles. The van der Waals surface area contributed by atoms with E-state index in [1.54, 1.807) is 0 Å². The molecule has 0 atom stereocenters. The van der Waals surface area contributed by atoms with Crippen molar-refractivity contribution in [2.45, 2.75) is 24.2 Å². The SMILES string of the molecule is CN(Cc1nccn1CC(F)(F)F)C(=O)c1ccccc1NS(=O)(=O)c1ccc(F)cc1. The summed E-state index contributed by atoms with van der Waals surface area (Å²) >= 11 is 0. The van der Waals surface area contributed by atoms with Crippen LogP contribution in [0.15, 0.2) is 65.8 Å². The third kappa shape index (κ3) is 5.63. The van der Waals surface area contributed by atoms with Gasteiger partial charge in [-0.05, 0) is 36.4 Å². The summed E-state index contributed by atoms with van der Waals surface area (Å²) in [6.07, 6.45) is -2.10. The number of hydrogen-bond donors (Lipinski definition) is 1. The molecule has 3 rings (SSSR count). The summed E-state index contributed by atoms with van der Waals surface area (Å²) in [5.41, 5.74) is -0.0538. The number of rotatable bonds is 7. The molecule has 7 nitrogen and oxygen atoms in total. The van der Waals surface area contributed by atoms with Crippen molar-refractivity contribution in [3.63, 3.8) is 0 Å². The molecule has 0 bridgehead atoms. The molecular formula is C20H18F4N4O3S. The Hall–Kier alpha value is -3.41. The third-order valence-corrected chi connectivity index (χ3v) is 5.78. The Balaban J connectivity index is 1.81. The second-order valence-electron chi connectivity index (χ2n) is 6.85. The predicted octanol–water partition coefficient (Wildman–Crippen LogP) is 3.66. The molecule has 1 N–H and O–H groups in total. The van der Waals surface area contributed by atoms with Gasteiger partial charge in [0.1, 0.15) is 18.2 Å². The number of nitrogens with zero attached hydrogens (tertiary/aromatic N) is 3. The van der Waals surface area contributed by atoms with Gasteiger partial charge in [-0.2, -0.15) is 13.2 Å². The van der Waals surface area contributed by atoms with Gasteiger partial charge in [-0.25, -0.2) is 17.8 Å². The number of anilines is 1. The zero-order valence-electron chi connectivity index (χ0n) is 16.7. The molecule has 170 valence electrons. The van der Waals surface area contributed by atoms with E-state index in [1.807, 2.05) is 0 Å². The van der Waals surface area contributed by atoms with Crippen LogP contribution >= 0.6 is 0 Å². The van der Waals surface area contributed by atoms with Gasteiger partial charge in [0.2, 0.25) is 0 Å². The van der Waals surface area contributed by atoms with E-state index in [2.05, 4.69) is 9.71 Å². The summed E-state index contributed by atoms with van der Waals surface area (Å²) < 4.78 is 79.7. The number of alkyl halides is 3. The number of para-hydroxylation sites is 1. The molecule has 1 aromatic heterocycles. The number of halogens is 4. The number of imidazole rings is 1. The molecule has 12 heteroatoms. The third-order valence-electron chi connectivity index (χ3n) is 4.40. The summed E-state index contributed by atoms with van der Waals surface area (Å²) in [6, 6.07) is 9.90. The highest BCUT2D eigenvalue weighted by Crippen LogP contribution is 2.23. The van der Waals surface area contributed by atoms with Crippen LogP contribution in [0, 0.1) is 5.82 Å². The summed E-state index contributed by atoms with van der Waals surface area (Å²) in [4.78, 5) is 17.7.